The predicted molar refractivity (Wildman–Crippen MR) is 294 cm³/mol. The highest BCUT2D eigenvalue weighted by Crippen LogP contribution is 2.46. The van der Waals surface area contributed by atoms with Crippen LogP contribution >= 0.6 is 0 Å². The number of likely N-dealkylation sites (N-methyl/N-ethyl adjacent to an activating group) is 2. The fourth-order valence-corrected chi connectivity index (χ4v) is 12.9. The van der Waals surface area contributed by atoms with Crippen molar-refractivity contribution in [3.05, 3.63) is 106 Å². The fourth-order valence-electron chi connectivity index (χ4n) is 12.9. The number of ether oxygens (including phenoxy) is 2. The predicted octanol–water partition coefficient (Wildman–Crippen LogP) is 7.07. The number of nitrogens with zero attached hydrogens (tertiary/aromatic N) is 14. The number of nitriles is 2. The van der Waals surface area contributed by atoms with Gasteiger partial charge in [0.1, 0.15) is 42.5 Å². The van der Waals surface area contributed by atoms with Crippen molar-refractivity contribution in [2.24, 2.45) is 0 Å². The minimum atomic E-state index is -5.00. The van der Waals surface area contributed by atoms with Crippen LogP contribution in [0.4, 0.5) is 58.1 Å². The van der Waals surface area contributed by atoms with Gasteiger partial charge in [-0.15, -0.1) is 0 Å². The van der Waals surface area contributed by atoms with E-state index in [1.807, 2.05) is 21.7 Å². The number of amides is 1. The van der Waals surface area contributed by atoms with Gasteiger partial charge in [-0.25, -0.2) is 8.78 Å². The summed E-state index contributed by atoms with van der Waals surface area (Å²) < 4.78 is 134. The van der Waals surface area contributed by atoms with Crippen LogP contribution in [0.1, 0.15) is 77.2 Å². The Hall–Kier alpha value is -7.39. The molecule has 0 radical (unpaired) electrons. The minimum absolute atomic E-state index is 0.00860. The lowest BCUT2D eigenvalue weighted by atomic mass is 9.92. The van der Waals surface area contributed by atoms with E-state index in [1.165, 1.54) is 40.2 Å². The second-order valence-electron chi connectivity index (χ2n) is 22.3. The molecule has 84 heavy (non-hydrogen) atoms. The zero-order chi connectivity index (χ0) is 59.8. The van der Waals surface area contributed by atoms with Gasteiger partial charge >= 0.3 is 24.4 Å². The van der Waals surface area contributed by atoms with Gasteiger partial charge in [-0.1, -0.05) is 25.3 Å². The molecule has 10 rings (SSSR count). The zero-order valence-electron chi connectivity index (χ0n) is 46.7. The number of piperazine rings is 2. The number of benzene rings is 2. The van der Waals surface area contributed by atoms with E-state index in [0.29, 0.717) is 53.8 Å². The molecule has 4 aromatic rings. The van der Waals surface area contributed by atoms with Crippen LogP contribution < -0.4 is 29.1 Å². The van der Waals surface area contributed by atoms with Gasteiger partial charge in [0.2, 0.25) is 5.91 Å². The summed E-state index contributed by atoms with van der Waals surface area (Å²) >= 11 is 0. The Bertz CT molecular complexity index is 3210. The number of hydrogen-bond donors (Lipinski definition) is 1. The van der Waals surface area contributed by atoms with E-state index in [-0.39, 0.29) is 133 Å². The molecule has 4 saturated heterocycles. The van der Waals surface area contributed by atoms with E-state index in [9.17, 15) is 38.0 Å². The Morgan fingerprint density at radius 3 is 1.96 bits per heavy atom. The molecule has 1 N–H and O–H groups in total. The lowest BCUT2D eigenvalue weighted by Crippen LogP contribution is -2.56. The van der Waals surface area contributed by atoms with E-state index in [2.05, 4.69) is 30.2 Å². The van der Waals surface area contributed by atoms with Crippen LogP contribution in [-0.4, -0.2) is 174 Å². The topological polar surface area (TPSA) is 181 Å². The molecule has 0 saturated carbocycles. The SMILES string of the molecule is C=CC(=O)N1CCN(c2nc(OC[C@@H]3CCCN3C)nc3c2CCN(c2c(C(F)(F)F)ccc(C4C[C@H](COc5nc6c(c(N7CCN(C(O)C=C)[C@@H](CC#N)C7)n5)CCN(c5cccc(F)c5C(F)(F)F)C6)N(C)C4)c2F)C3)CC1CC#N. The number of carbonyl (C=O) groups is 1. The average Bonchev–Trinajstić information content (AvgIpc) is 1.66. The summed E-state index contributed by atoms with van der Waals surface area (Å²) in [5.41, 5.74) is -1.52. The van der Waals surface area contributed by atoms with Crippen LogP contribution in [0.3, 0.4) is 0 Å². The smallest absolute Gasteiger partial charge is 0.421 e. The number of likely N-dealkylation sites (tertiary alicyclic amines) is 2. The first-order valence-corrected chi connectivity index (χ1v) is 28.1. The molecule has 0 bridgehead atoms. The first kappa shape index (κ1) is 59.8. The van der Waals surface area contributed by atoms with Gasteiger partial charge < -0.3 is 44.0 Å². The van der Waals surface area contributed by atoms with Crippen molar-refractivity contribution in [3.63, 3.8) is 0 Å². The highest BCUT2D eigenvalue weighted by Gasteiger charge is 2.44. The van der Waals surface area contributed by atoms with Crippen molar-refractivity contribution in [2.45, 2.75) is 107 Å². The number of fused-ring (bicyclic) bond motifs is 2. The van der Waals surface area contributed by atoms with Crippen LogP contribution in [-0.2, 0) is 43.1 Å². The molecule has 8 heterocycles. The lowest BCUT2D eigenvalue weighted by molar-refractivity contribution is -0.139. The maximum absolute atomic E-state index is 17.5. The molecule has 3 unspecified atom stereocenters. The van der Waals surface area contributed by atoms with Crippen LogP contribution in [0.5, 0.6) is 12.0 Å². The fraction of sp³-hybridized carbons (Fsp3) is 0.534. The van der Waals surface area contributed by atoms with Gasteiger partial charge in [0.15, 0.2) is 5.82 Å². The van der Waals surface area contributed by atoms with Crippen LogP contribution in [0.2, 0.25) is 0 Å². The Labute approximate surface area is 481 Å². The third kappa shape index (κ3) is 12.3. The quantitative estimate of drug-likeness (QED) is 0.0683. The van der Waals surface area contributed by atoms with Gasteiger partial charge in [0, 0.05) is 94.1 Å². The first-order valence-electron chi connectivity index (χ1n) is 28.1. The molecule has 2 aromatic heterocycles. The van der Waals surface area contributed by atoms with Crippen molar-refractivity contribution >= 4 is 28.9 Å². The monoisotopic (exact) mass is 1170 g/mol. The summed E-state index contributed by atoms with van der Waals surface area (Å²) in [5, 5.41) is 30.2. The number of alkyl halides is 6. The van der Waals surface area contributed by atoms with Crippen molar-refractivity contribution in [3.8, 4) is 24.2 Å². The Morgan fingerprint density at radius 2 is 1.36 bits per heavy atom. The molecule has 26 heteroatoms. The van der Waals surface area contributed by atoms with Crippen molar-refractivity contribution in [1.82, 2.24) is 39.5 Å². The van der Waals surface area contributed by atoms with E-state index in [4.69, 9.17) is 29.4 Å². The van der Waals surface area contributed by atoms with Gasteiger partial charge in [-0.05, 0) is 88.7 Å². The van der Waals surface area contributed by atoms with Gasteiger partial charge in [0.05, 0.1) is 72.4 Å². The summed E-state index contributed by atoms with van der Waals surface area (Å²) in [6.07, 6.45) is -5.93. The summed E-state index contributed by atoms with van der Waals surface area (Å²) in [4.78, 5) is 46.0. The van der Waals surface area contributed by atoms with E-state index in [0.717, 1.165) is 31.5 Å². The zero-order valence-corrected chi connectivity index (χ0v) is 46.7. The molecule has 6 aliphatic heterocycles. The highest BCUT2D eigenvalue weighted by molar-refractivity contribution is 5.87. The second-order valence-corrected chi connectivity index (χ2v) is 22.3. The number of halogens is 8. The minimum Gasteiger partial charge on any atom is -0.462 e. The number of aliphatic hydroxyl groups excluding tert-OH is 1. The molecule has 448 valence electrons. The van der Waals surface area contributed by atoms with Crippen molar-refractivity contribution in [2.75, 3.05) is 112 Å². The summed E-state index contributed by atoms with van der Waals surface area (Å²) in [6.45, 7) is 9.91. The number of rotatable bonds is 16. The highest BCUT2D eigenvalue weighted by atomic mass is 19.4. The summed E-state index contributed by atoms with van der Waals surface area (Å²) in [7, 11) is 3.77. The number of aliphatic hydroxyl groups is 1. The maximum atomic E-state index is 17.5. The Balaban J connectivity index is 0.920. The average molecular weight is 1180 g/mol. The number of anilines is 4. The summed E-state index contributed by atoms with van der Waals surface area (Å²) in [5.74, 6) is -2.48. The molecule has 6 atom stereocenters. The van der Waals surface area contributed by atoms with E-state index >= 15 is 17.6 Å². The van der Waals surface area contributed by atoms with Crippen molar-refractivity contribution in [1.29, 1.82) is 10.5 Å². The van der Waals surface area contributed by atoms with Crippen molar-refractivity contribution < 1.29 is 54.5 Å². The molecular weight excluding hydrogens is 1110 g/mol. The molecule has 2 aromatic carbocycles. The number of hydrogen-bond acceptors (Lipinski definition) is 17. The largest absolute Gasteiger partial charge is 0.462 e. The van der Waals surface area contributed by atoms with E-state index in [1.54, 1.807) is 16.8 Å². The third-order valence-corrected chi connectivity index (χ3v) is 17.3. The Morgan fingerprint density at radius 1 is 0.738 bits per heavy atom. The summed E-state index contributed by atoms with van der Waals surface area (Å²) in [6, 6.07) is 8.14. The molecule has 0 aliphatic carbocycles. The molecule has 0 spiro atoms. The second kappa shape index (κ2) is 24.7. The number of aromatic nitrogens is 4. The van der Waals surface area contributed by atoms with Crippen LogP contribution in [0.15, 0.2) is 55.6 Å². The molecule has 18 nitrogen and oxygen atoms in total. The normalized spacial score (nSPS) is 23.0. The molecule has 1 amide bonds. The van der Waals surface area contributed by atoms with E-state index < -0.39 is 71.1 Å². The standard InChI is InChI=1S/C58H66F8N14O4/c1-5-48(81)79-25-23-77(29-36(79)14-18-67)53-41-16-21-75(47-11-7-10-44(59)50(47)58(64,65)66)31-45(41)69-56(72-53)84-34-39-27-35(28-74(39)4)40-12-13-43(57(61,62)63)52(51(40)60)76-22-17-42-46(32-76)70-55(83-33-38-9-8-20-73(38)3)71-54(42)78-24-26-80(49(82)6-2)37(30-78)15-19-68/h5-7,10-13,35-39,48,81H,1-2,8-9,14-17,20-34H2,3-4H3/t35?,36-,37?,38-,39+,48?/m0/s1. The van der Waals surface area contributed by atoms with Gasteiger partial charge in [-0.2, -0.15) is 56.8 Å². The van der Waals surface area contributed by atoms with Gasteiger partial charge in [0.25, 0.3) is 0 Å². The maximum Gasteiger partial charge on any atom is 0.421 e. The molecule has 4 fully saturated rings. The molecule has 6 aliphatic rings. The van der Waals surface area contributed by atoms with Crippen LogP contribution in [0.25, 0.3) is 0 Å². The first-order chi connectivity index (χ1) is 40.2. The molecular formula is C58H66F8N14O4. The Kier molecular flexibility index (Phi) is 17.6. The van der Waals surface area contributed by atoms with Gasteiger partial charge in [-0.3, -0.25) is 14.6 Å². The van der Waals surface area contributed by atoms with Crippen LogP contribution in [0, 0.1) is 34.3 Å². The number of carbonyl (C=O) groups excluding carboxylic acids is 1. The third-order valence-electron chi connectivity index (χ3n) is 17.3. The lowest BCUT2D eigenvalue weighted by Gasteiger charge is -2.43.